The number of nitrogens with zero attached hydrogens (tertiary/aromatic N) is 2. The summed E-state index contributed by atoms with van der Waals surface area (Å²) in [4.78, 5) is 19.8. The second kappa shape index (κ2) is 5.28. The highest BCUT2D eigenvalue weighted by atomic mass is 32.1. The van der Waals surface area contributed by atoms with Crippen LogP contribution in [0.3, 0.4) is 0 Å². The highest BCUT2D eigenvalue weighted by molar-refractivity contribution is 7.18. The highest BCUT2D eigenvalue weighted by Crippen LogP contribution is 2.43. The molecular formula is C18H21N3OS. The van der Waals surface area contributed by atoms with Crippen LogP contribution in [-0.4, -0.2) is 41.5 Å². The fraction of sp³-hybridized carbons (Fsp3) is 0.556. The molecule has 4 aliphatic rings. The van der Waals surface area contributed by atoms with Crippen molar-refractivity contribution in [2.75, 3.05) is 19.6 Å². The van der Waals surface area contributed by atoms with Gasteiger partial charge < -0.3 is 10.2 Å². The number of hydrogen-bond donors (Lipinski definition) is 1. The van der Waals surface area contributed by atoms with Crippen molar-refractivity contribution in [2.24, 2.45) is 5.92 Å². The number of amides is 1. The van der Waals surface area contributed by atoms with E-state index < -0.39 is 0 Å². The number of thiazole rings is 1. The molecule has 2 aromatic rings. The molecule has 6 rings (SSSR count). The third-order valence-electron chi connectivity index (χ3n) is 5.57. The minimum Gasteiger partial charge on any atom is -0.348 e. The Morgan fingerprint density at radius 2 is 2.04 bits per heavy atom. The SMILES string of the molecule is O=C(N[C@H]1CN2CCC1CC2)c1ccc2sc(C3CC3)nc2c1. The summed E-state index contributed by atoms with van der Waals surface area (Å²) < 4.78 is 1.20. The minimum atomic E-state index is 0.0617. The number of carbonyl (C=O) groups is 1. The Bertz CT molecular complexity index is 759. The second-order valence-corrected chi connectivity index (χ2v) is 8.29. The van der Waals surface area contributed by atoms with Gasteiger partial charge in [-0.05, 0) is 62.9 Å². The van der Waals surface area contributed by atoms with Gasteiger partial charge in [0.25, 0.3) is 5.91 Å². The summed E-state index contributed by atoms with van der Waals surface area (Å²) in [6, 6.07) is 6.30. The molecule has 1 N–H and O–H groups in total. The molecule has 3 aliphatic heterocycles. The van der Waals surface area contributed by atoms with E-state index in [1.807, 2.05) is 12.1 Å². The Kier molecular flexibility index (Phi) is 3.20. The zero-order valence-electron chi connectivity index (χ0n) is 13.1. The first-order valence-electron chi connectivity index (χ1n) is 8.70. The van der Waals surface area contributed by atoms with Crippen LogP contribution in [0.4, 0.5) is 0 Å². The van der Waals surface area contributed by atoms with Gasteiger partial charge in [0, 0.05) is 24.1 Å². The Labute approximate surface area is 139 Å². The molecule has 4 fully saturated rings. The molecule has 0 radical (unpaired) electrons. The molecule has 0 unspecified atom stereocenters. The van der Waals surface area contributed by atoms with E-state index in [1.165, 1.54) is 48.5 Å². The van der Waals surface area contributed by atoms with Crippen LogP contribution in [0.5, 0.6) is 0 Å². The lowest BCUT2D eigenvalue weighted by molar-refractivity contribution is 0.0620. The second-order valence-electron chi connectivity index (χ2n) is 7.23. The van der Waals surface area contributed by atoms with Crippen molar-refractivity contribution in [1.82, 2.24) is 15.2 Å². The molecule has 1 amide bonds. The first kappa shape index (κ1) is 13.9. The van der Waals surface area contributed by atoms with Gasteiger partial charge in [0.15, 0.2) is 0 Å². The van der Waals surface area contributed by atoms with Crippen LogP contribution in [0, 0.1) is 5.92 Å². The van der Waals surface area contributed by atoms with Crippen LogP contribution in [0.15, 0.2) is 18.2 Å². The van der Waals surface area contributed by atoms with Crippen molar-refractivity contribution >= 4 is 27.5 Å². The molecule has 4 heterocycles. The fourth-order valence-electron chi connectivity index (χ4n) is 3.97. The van der Waals surface area contributed by atoms with Crippen LogP contribution >= 0.6 is 11.3 Å². The predicted octanol–water partition coefficient (Wildman–Crippen LogP) is 3.00. The maximum absolute atomic E-state index is 12.6. The number of fused-ring (bicyclic) bond motifs is 4. The number of nitrogens with one attached hydrogen (secondary N) is 1. The van der Waals surface area contributed by atoms with Crippen LogP contribution < -0.4 is 5.32 Å². The van der Waals surface area contributed by atoms with Crippen molar-refractivity contribution < 1.29 is 4.79 Å². The number of rotatable bonds is 3. The predicted molar refractivity (Wildman–Crippen MR) is 92.0 cm³/mol. The molecule has 4 nitrogen and oxygen atoms in total. The van der Waals surface area contributed by atoms with Crippen molar-refractivity contribution in [2.45, 2.75) is 37.6 Å². The van der Waals surface area contributed by atoms with E-state index in [4.69, 9.17) is 4.98 Å². The lowest BCUT2D eigenvalue weighted by Crippen LogP contribution is -2.57. The van der Waals surface area contributed by atoms with Gasteiger partial charge in [-0.2, -0.15) is 0 Å². The zero-order chi connectivity index (χ0) is 15.4. The van der Waals surface area contributed by atoms with Gasteiger partial charge >= 0.3 is 0 Å². The Morgan fingerprint density at radius 3 is 2.74 bits per heavy atom. The van der Waals surface area contributed by atoms with Crippen molar-refractivity contribution in [3.63, 3.8) is 0 Å². The number of carbonyl (C=O) groups excluding carboxylic acids is 1. The molecule has 1 atom stereocenters. The molecule has 1 aromatic carbocycles. The molecule has 2 bridgehead atoms. The number of piperidine rings is 3. The fourth-order valence-corrected chi connectivity index (χ4v) is 5.09. The van der Waals surface area contributed by atoms with E-state index in [1.54, 1.807) is 11.3 Å². The topological polar surface area (TPSA) is 45.2 Å². The molecule has 3 saturated heterocycles. The minimum absolute atomic E-state index is 0.0617. The summed E-state index contributed by atoms with van der Waals surface area (Å²) in [5, 5.41) is 4.51. The normalized spacial score (nSPS) is 29.8. The monoisotopic (exact) mass is 327 g/mol. The summed E-state index contributed by atoms with van der Waals surface area (Å²) in [5.41, 5.74) is 1.74. The van der Waals surface area contributed by atoms with E-state index in [2.05, 4.69) is 16.3 Å². The maximum Gasteiger partial charge on any atom is 0.251 e. The van der Waals surface area contributed by atoms with Gasteiger partial charge in [-0.3, -0.25) is 4.79 Å². The molecule has 5 heteroatoms. The van der Waals surface area contributed by atoms with Crippen molar-refractivity contribution in [3.05, 3.63) is 28.8 Å². The third-order valence-corrected chi connectivity index (χ3v) is 6.76. The van der Waals surface area contributed by atoms with Crippen molar-refractivity contribution in [3.8, 4) is 0 Å². The van der Waals surface area contributed by atoms with E-state index in [0.717, 1.165) is 17.6 Å². The molecule has 1 saturated carbocycles. The third kappa shape index (κ3) is 2.56. The lowest BCUT2D eigenvalue weighted by atomic mass is 9.84. The van der Waals surface area contributed by atoms with Gasteiger partial charge in [-0.1, -0.05) is 0 Å². The van der Waals surface area contributed by atoms with Gasteiger partial charge in [0.05, 0.1) is 15.2 Å². The molecule has 120 valence electrons. The van der Waals surface area contributed by atoms with Crippen LogP contribution in [0.25, 0.3) is 10.2 Å². The molecule has 1 aromatic heterocycles. The average Bonchev–Trinajstić information content (AvgIpc) is 3.35. The van der Waals surface area contributed by atoms with E-state index in [-0.39, 0.29) is 5.91 Å². The van der Waals surface area contributed by atoms with Crippen LogP contribution in [0.1, 0.15) is 47.0 Å². The van der Waals surface area contributed by atoms with Crippen LogP contribution in [0.2, 0.25) is 0 Å². The summed E-state index contributed by atoms with van der Waals surface area (Å²) in [6.45, 7) is 3.42. The first-order valence-corrected chi connectivity index (χ1v) is 9.51. The van der Waals surface area contributed by atoms with E-state index in [9.17, 15) is 4.79 Å². The standard InChI is InChI=1S/C18H21N3OS/c22-17(19-15-10-21-7-5-11(15)6-8-21)13-3-4-16-14(9-13)20-18(23-16)12-1-2-12/h3-4,9,11-12,15H,1-2,5-8,10H2,(H,19,22)/t15-/m0/s1. The number of aromatic nitrogens is 1. The summed E-state index contributed by atoms with van der Waals surface area (Å²) >= 11 is 1.78. The summed E-state index contributed by atoms with van der Waals surface area (Å²) in [5.74, 6) is 1.40. The number of benzene rings is 1. The van der Waals surface area contributed by atoms with Gasteiger partial charge in [-0.15, -0.1) is 11.3 Å². The highest BCUT2D eigenvalue weighted by Gasteiger charge is 2.35. The maximum atomic E-state index is 12.6. The average molecular weight is 327 g/mol. The van der Waals surface area contributed by atoms with Gasteiger partial charge in [0.1, 0.15) is 0 Å². The van der Waals surface area contributed by atoms with Gasteiger partial charge in [0.2, 0.25) is 0 Å². The zero-order valence-corrected chi connectivity index (χ0v) is 13.9. The largest absolute Gasteiger partial charge is 0.348 e. The van der Waals surface area contributed by atoms with Crippen LogP contribution in [-0.2, 0) is 0 Å². The van der Waals surface area contributed by atoms with Crippen molar-refractivity contribution in [1.29, 1.82) is 0 Å². The Morgan fingerprint density at radius 1 is 1.22 bits per heavy atom. The molecule has 23 heavy (non-hydrogen) atoms. The lowest BCUT2D eigenvalue weighted by Gasteiger charge is -2.44. The Balaban J connectivity index is 1.35. The van der Waals surface area contributed by atoms with E-state index >= 15 is 0 Å². The number of hydrogen-bond acceptors (Lipinski definition) is 4. The first-order chi connectivity index (χ1) is 11.3. The van der Waals surface area contributed by atoms with E-state index in [0.29, 0.717) is 17.9 Å². The summed E-state index contributed by atoms with van der Waals surface area (Å²) in [7, 11) is 0. The smallest absolute Gasteiger partial charge is 0.251 e. The van der Waals surface area contributed by atoms with Gasteiger partial charge in [-0.25, -0.2) is 4.98 Å². The Hall–Kier alpha value is -1.46. The molecular weight excluding hydrogens is 306 g/mol. The quantitative estimate of drug-likeness (QED) is 0.942. The molecule has 1 aliphatic carbocycles. The summed E-state index contributed by atoms with van der Waals surface area (Å²) in [6.07, 6.45) is 4.99. The molecule has 0 spiro atoms.